The van der Waals surface area contributed by atoms with Gasteiger partial charge in [0.25, 0.3) is 11.8 Å². The topological polar surface area (TPSA) is 177 Å². The molecule has 0 fully saturated rings. The molecule has 266 valence electrons. The zero-order chi connectivity index (χ0) is 35.9. The molecule has 13 nitrogen and oxygen atoms in total. The summed E-state index contributed by atoms with van der Waals surface area (Å²) < 4.78 is 11.2. The third kappa shape index (κ3) is 11.3. The van der Waals surface area contributed by atoms with Gasteiger partial charge >= 0.3 is 0 Å². The minimum Gasteiger partial charge on any atom is -0.493 e. The molecule has 0 radical (unpaired) electrons. The number of benzene rings is 2. The van der Waals surface area contributed by atoms with Crippen LogP contribution < -0.4 is 36.1 Å². The number of hydrogen-bond donors (Lipinski definition) is 5. The summed E-state index contributed by atoms with van der Waals surface area (Å²) in [5.74, 6) is -1.72. The Morgan fingerprint density at radius 3 is 2.44 bits per heavy atom. The number of methoxy groups -OCH3 is 1. The number of hydrogen-bond acceptors (Lipinski definition) is 8. The van der Waals surface area contributed by atoms with Crippen LogP contribution in [0.15, 0.2) is 73.1 Å². The van der Waals surface area contributed by atoms with Crippen LogP contribution in [0.4, 0.5) is 0 Å². The van der Waals surface area contributed by atoms with Gasteiger partial charge in [-0.15, -0.1) is 0 Å². The van der Waals surface area contributed by atoms with E-state index in [1.165, 1.54) is 19.5 Å². The Balaban J connectivity index is 1.60. The molecule has 2 aromatic carbocycles. The van der Waals surface area contributed by atoms with Gasteiger partial charge in [-0.25, -0.2) is 0 Å². The maximum atomic E-state index is 13.8. The first-order chi connectivity index (χ1) is 24.1. The highest BCUT2D eigenvalue weighted by Crippen LogP contribution is 2.28. The van der Waals surface area contributed by atoms with Gasteiger partial charge in [0.15, 0.2) is 18.1 Å². The molecule has 1 aliphatic rings. The first-order valence-electron chi connectivity index (χ1n) is 16.8. The molecule has 50 heavy (non-hydrogen) atoms. The molecule has 3 atom stereocenters. The van der Waals surface area contributed by atoms with Crippen molar-refractivity contribution >= 4 is 29.5 Å². The van der Waals surface area contributed by atoms with E-state index in [4.69, 9.17) is 9.47 Å². The van der Waals surface area contributed by atoms with Crippen LogP contribution in [-0.2, 0) is 32.0 Å². The van der Waals surface area contributed by atoms with E-state index in [1.54, 1.807) is 24.3 Å². The lowest BCUT2D eigenvalue weighted by atomic mass is 10.00. The summed E-state index contributed by atoms with van der Waals surface area (Å²) in [6.07, 6.45) is 4.76. The minimum atomic E-state index is -1.06. The summed E-state index contributed by atoms with van der Waals surface area (Å²) in [6, 6.07) is 14.9. The Bertz CT molecular complexity index is 1600. The predicted octanol–water partition coefficient (Wildman–Crippen LogP) is 2.09. The Labute approximate surface area is 292 Å². The van der Waals surface area contributed by atoms with E-state index < -0.39 is 35.8 Å². The SMILES string of the molecule is COc1ccc2cc1OCC(=O)NCCC[C@H](NC(=O)c1cccnc1)C(=O)N[C@@H](Cc1ccccc1)C(=O)N[C@H](C(C)C)C(=O)NCCC2. The maximum absolute atomic E-state index is 13.8. The van der Waals surface area contributed by atoms with Gasteiger partial charge in [0, 0.05) is 31.9 Å². The van der Waals surface area contributed by atoms with Gasteiger partial charge in [0.05, 0.1) is 12.7 Å². The number of ether oxygens (including phenoxy) is 2. The fourth-order valence-electron chi connectivity index (χ4n) is 5.46. The minimum absolute atomic E-state index is 0.144. The van der Waals surface area contributed by atoms with Gasteiger partial charge in [0.2, 0.25) is 17.7 Å². The van der Waals surface area contributed by atoms with E-state index in [2.05, 4.69) is 31.6 Å². The molecular weight excluding hydrogens is 640 g/mol. The zero-order valence-corrected chi connectivity index (χ0v) is 28.7. The molecule has 3 aromatic rings. The third-order valence-electron chi connectivity index (χ3n) is 8.23. The van der Waals surface area contributed by atoms with Gasteiger partial charge in [-0.2, -0.15) is 0 Å². The first kappa shape index (κ1) is 37.4. The molecule has 2 heterocycles. The second kappa shape index (κ2) is 18.9. The molecule has 0 saturated heterocycles. The Hall–Kier alpha value is -5.46. The molecule has 0 aliphatic carbocycles. The molecule has 13 heteroatoms. The van der Waals surface area contributed by atoms with Crippen LogP contribution in [0.3, 0.4) is 0 Å². The number of pyridine rings is 1. The number of aryl methyl sites for hydroxylation is 1. The second-order valence-electron chi connectivity index (χ2n) is 12.4. The van der Waals surface area contributed by atoms with Crippen molar-refractivity contribution in [2.24, 2.45) is 5.92 Å². The molecule has 0 spiro atoms. The van der Waals surface area contributed by atoms with E-state index in [0.717, 1.165) is 11.1 Å². The van der Waals surface area contributed by atoms with E-state index >= 15 is 0 Å². The fraction of sp³-hybridized carbons (Fsp3) is 0.405. The summed E-state index contributed by atoms with van der Waals surface area (Å²) in [4.78, 5) is 70.8. The average Bonchev–Trinajstić information content (AvgIpc) is 3.12. The van der Waals surface area contributed by atoms with E-state index in [-0.39, 0.29) is 49.3 Å². The molecule has 5 N–H and O–H groups in total. The molecule has 1 aliphatic heterocycles. The summed E-state index contributed by atoms with van der Waals surface area (Å²) in [6.45, 7) is 3.96. The van der Waals surface area contributed by atoms with Crippen molar-refractivity contribution < 1.29 is 33.4 Å². The zero-order valence-electron chi connectivity index (χ0n) is 28.7. The Kier molecular flexibility index (Phi) is 14.1. The van der Waals surface area contributed by atoms with Gasteiger partial charge in [0.1, 0.15) is 18.1 Å². The van der Waals surface area contributed by atoms with Crippen molar-refractivity contribution in [3.63, 3.8) is 0 Å². The van der Waals surface area contributed by atoms with Crippen molar-refractivity contribution in [2.45, 2.75) is 64.1 Å². The van der Waals surface area contributed by atoms with Gasteiger partial charge in [-0.05, 0) is 67.0 Å². The Morgan fingerprint density at radius 2 is 1.72 bits per heavy atom. The van der Waals surface area contributed by atoms with Crippen molar-refractivity contribution in [3.8, 4) is 11.5 Å². The maximum Gasteiger partial charge on any atom is 0.257 e. The summed E-state index contributed by atoms with van der Waals surface area (Å²) in [5.41, 5.74) is 1.99. The first-order valence-corrected chi connectivity index (χ1v) is 16.8. The van der Waals surface area contributed by atoms with Gasteiger partial charge < -0.3 is 36.1 Å². The normalized spacial score (nSPS) is 20.0. The van der Waals surface area contributed by atoms with Crippen LogP contribution in [0.2, 0.25) is 0 Å². The van der Waals surface area contributed by atoms with Gasteiger partial charge in [-0.1, -0.05) is 50.2 Å². The van der Waals surface area contributed by atoms with Crippen molar-refractivity contribution in [1.82, 2.24) is 31.6 Å². The highest BCUT2D eigenvalue weighted by molar-refractivity contribution is 5.98. The number of nitrogens with zero attached hydrogens (tertiary/aromatic N) is 1. The predicted molar refractivity (Wildman–Crippen MR) is 186 cm³/mol. The molecule has 4 rings (SSSR count). The van der Waals surface area contributed by atoms with Crippen molar-refractivity contribution in [1.29, 1.82) is 0 Å². The molecule has 5 amide bonds. The van der Waals surface area contributed by atoms with Crippen LogP contribution in [0.1, 0.15) is 54.6 Å². The van der Waals surface area contributed by atoms with Crippen LogP contribution in [-0.4, -0.2) is 79.5 Å². The molecule has 2 bridgehead atoms. The lowest BCUT2D eigenvalue weighted by molar-refractivity contribution is -0.133. The molecule has 0 unspecified atom stereocenters. The molecular formula is C37H46N6O7. The van der Waals surface area contributed by atoms with Gasteiger partial charge in [-0.3, -0.25) is 29.0 Å². The number of carbonyl (C=O) groups excluding carboxylic acids is 5. The van der Waals surface area contributed by atoms with E-state index in [0.29, 0.717) is 37.3 Å². The van der Waals surface area contributed by atoms with E-state index in [1.807, 2.05) is 50.2 Å². The molecule has 1 aromatic heterocycles. The number of amides is 5. The smallest absolute Gasteiger partial charge is 0.257 e. The van der Waals surface area contributed by atoms with Crippen LogP contribution in [0.5, 0.6) is 11.5 Å². The second-order valence-corrected chi connectivity index (χ2v) is 12.4. The number of nitrogens with one attached hydrogen (secondary N) is 5. The number of fused-ring (bicyclic) bond motifs is 2. The number of carbonyl (C=O) groups is 5. The fourth-order valence-corrected chi connectivity index (χ4v) is 5.46. The standard InChI is InChI=1S/C37H46N6O7/c1-24(2)33-37(48)40-19-7-12-26-15-16-30(49-3)31(21-26)50-23-32(44)39-18-9-14-28(41-34(45)27-13-8-17-38-22-27)35(46)42-29(36(47)43-33)20-25-10-5-4-6-11-25/h4-6,8,10-11,13,15-17,21-22,24,28-29,33H,7,9,12,14,18-20,23H2,1-3H3,(H,39,44)(H,40,48)(H,41,45)(H,42,46)(H,43,47)/t28-,29-,33+/m0/s1. The summed E-state index contributed by atoms with van der Waals surface area (Å²) >= 11 is 0. The number of rotatable bonds is 6. The summed E-state index contributed by atoms with van der Waals surface area (Å²) in [5, 5.41) is 14.2. The largest absolute Gasteiger partial charge is 0.493 e. The third-order valence-corrected chi connectivity index (χ3v) is 8.23. The van der Waals surface area contributed by atoms with Crippen molar-refractivity contribution in [2.75, 3.05) is 26.8 Å². The van der Waals surface area contributed by atoms with Crippen molar-refractivity contribution in [3.05, 3.63) is 89.7 Å². The quantitative estimate of drug-likeness (QED) is 0.262. The lowest BCUT2D eigenvalue weighted by Crippen LogP contribution is -2.58. The monoisotopic (exact) mass is 686 g/mol. The number of aromatic nitrogens is 1. The molecule has 0 saturated carbocycles. The Morgan fingerprint density at radius 1 is 0.940 bits per heavy atom. The highest BCUT2D eigenvalue weighted by Gasteiger charge is 2.31. The average molecular weight is 687 g/mol. The highest BCUT2D eigenvalue weighted by atomic mass is 16.5. The van der Waals surface area contributed by atoms with Crippen LogP contribution in [0.25, 0.3) is 0 Å². The summed E-state index contributed by atoms with van der Waals surface area (Å²) in [7, 11) is 1.51. The lowest BCUT2D eigenvalue weighted by Gasteiger charge is -2.27. The van der Waals surface area contributed by atoms with Crippen LogP contribution in [0, 0.1) is 5.92 Å². The van der Waals surface area contributed by atoms with E-state index in [9.17, 15) is 24.0 Å². The van der Waals surface area contributed by atoms with Crippen LogP contribution >= 0.6 is 0 Å².